The number of hydrogen-bond acceptors (Lipinski definition) is 1. The van der Waals surface area contributed by atoms with E-state index in [-0.39, 0.29) is 57.4 Å². The summed E-state index contributed by atoms with van der Waals surface area (Å²) in [6.07, 6.45) is 0. The van der Waals surface area contributed by atoms with Crippen molar-refractivity contribution in [2.75, 3.05) is 0 Å². The zero-order valence-corrected chi connectivity index (χ0v) is 7.53. The van der Waals surface area contributed by atoms with Gasteiger partial charge in [-0.15, -0.1) is 0 Å². The maximum absolute atomic E-state index is 8.64. The SMILES string of the molecule is B.[NaH].[O]=[GeH][OH].[Zn]. The van der Waals surface area contributed by atoms with Crippen LogP contribution in [0.3, 0.4) is 0 Å². The Morgan fingerprint density at radius 1 is 1.50 bits per heavy atom. The second-order valence-electron chi connectivity index (χ2n) is 0.105. The van der Waals surface area contributed by atoms with Crippen molar-refractivity contribution >= 4 is 53.7 Å². The molecule has 0 unspecified atom stereocenters. The van der Waals surface area contributed by atoms with E-state index in [0.29, 0.717) is 0 Å². The predicted molar refractivity (Wildman–Crippen MR) is 27.1 cm³/mol. The Kier molecular flexibility index (Phi) is 120. The predicted octanol–water partition coefficient (Wildman–Crippen LogP) is -3.16. The molecule has 0 rings (SSSR count). The molecule has 1 N–H and O–H groups in total. The second-order valence-corrected chi connectivity index (χ2v) is 0.548. The van der Waals surface area contributed by atoms with Crippen molar-refractivity contribution in [3.8, 4) is 0 Å². The van der Waals surface area contributed by atoms with Gasteiger partial charge in [-0.3, -0.25) is 0 Å². The van der Waals surface area contributed by atoms with Gasteiger partial charge in [0.05, 0.1) is 8.41 Å². The van der Waals surface area contributed by atoms with E-state index in [1.54, 1.807) is 0 Å². The van der Waals surface area contributed by atoms with Crippen molar-refractivity contribution in [3.63, 3.8) is 0 Å². The molecule has 0 bridgehead atoms. The van der Waals surface area contributed by atoms with Crippen LogP contribution >= 0.6 is 0 Å². The molecule has 0 fully saturated rings. The third-order valence-electron chi connectivity index (χ3n) is 0. The summed E-state index contributed by atoms with van der Waals surface area (Å²) in [5, 5.41) is 0. The molecule has 0 radical (unpaired) electrons. The summed E-state index contributed by atoms with van der Waals surface area (Å²) in [7, 11) is 0. The van der Waals surface area contributed by atoms with Crippen molar-refractivity contribution in [2.45, 2.75) is 0 Å². The Bertz CT molecular complexity index is 21.0. The van der Waals surface area contributed by atoms with Gasteiger partial charge < -0.3 is 0 Å². The quantitative estimate of drug-likeness (QED) is 0.428. The standard InChI is InChI=1S/BH3.GeH2O2.Na.Zn.H/c;2-1-3;;;/h1H3;1-2H;;;. The number of hydrogen-bond donors (Lipinski definition) is 1. The van der Waals surface area contributed by atoms with Gasteiger partial charge in [-0.05, 0) is 0 Å². The van der Waals surface area contributed by atoms with E-state index in [2.05, 4.69) is 0 Å². The van der Waals surface area contributed by atoms with Crippen LogP contribution in [0.4, 0.5) is 0 Å². The first-order valence-corrected chi connectivity index (χ1v) is 2.57. The van der Waals surface area contributed by atoms with Crippen LogP contribution in [-0.4, -0.2) is 57.8 Å². The Labute approximate surface area is 80.1 Å². The monoisotopic (exact) mass is 210 g/mol. The molecule has 0 aliphatic heterocycles. The Balaban J connectivity index is -0.00000000667. The summed E-state index contributed by atoms with van der Waals surface area (Å²) in [6, 6.07) is 0. The van der Waals surface area contributed by atoms with Gasteiger partial charge in [-0.1, -0.05) is 0 Å². The van der Waals surface area contributed by atoms with Crippen LogP contribution in [0.15, 0.2) is 0 Å². The normalized spacial score (nSPS) is 2.00. The molecule has 0 aliphatic carbocycles. The minimum Gasteiger partial charge on any atom is 0 e. The van der Waals surface area contributed by atoms with E-state index in [0.717, 1.165) is 0 Å². The molecule has 6 heteroatoms. The molecule has 0 aromatic rings. The fourth-order valence-corrected chi connectivity index (χ4v) is 0. The molecule has 28 valence electrons. The third-order valence-corrected chi connectivity index (χ3v) is 0. The fraction of sp³-hybridized carbons (Fsp3) is 0. The van der Waals surface area contributed by atoms with Crippen LogP contribution in [0.25, 0.3) is 0 Å². The Morgan fingerprint density at radius 3 is 1.50 bits per heavy atom. The molecule has 6 heavy (non-hydrogen) atoms. The van der Waals surface area contributed by atoms with Crippen LogP contribution in [-0.2, 0) is 23.3 Å². The van der Waals surface area contributed by atoms with Crippen molar-refractivity contribution in [1.29, 1.82) is 0 Å². The Morgan fingerprint density at radius 2 is 1.50 bits per heavy atom. The molecule has 0 heterocycles. The summed E-state index contributed by atoms with van der Waals surface area (Å²) >= 11 is -1.94. The molecular weight excluding hydrogens is 204 g/mol. The van der Waals surface area contributed by atoms with E-state index < -0.39 is 15.7 Å². The molecule has 0 spiro atoms. The van der Waals surface area contributed by atoms with E-state index in [9.17, 15) is 0 Å². The second kappa shape index (κ2) is 29.0. The van der Waals surface area contributed by atoms with Gasteiger partial charge in [-0.2, -0.15) is 0 Å². The summed E-state index contributed by atoms with van der Waals surface area (Å²) < 4.78 is 15.8. The van der Waals surface area contributed by atoms with Gasteiger partial charge in [0.15, 0.2) is 0 Å². The summed E-state index contributed by atoms with van der Waals surface area (Å²) in [5.74, 6) is 0. The van der Waals surface area contributed by atoms with Gasteiger partial charge in [0.2, 0.25) is 0 Å². The average Bonchev–Trinajstić information content (AvgIpc) is 0.918. The molecule has 0 atom stereocenters. The third kappa shape index (κ3) is 40.6. The fourth-order valence-electron chi connectivity index (χ4n) is 0. The van der Waals surface area contributed by atoms with Gasteiger partial charge in [0.1, 0.15) is 0 Å². The summed E-state index contributed by atoms with van der Waals surface area (Å²) in [4.78, 5) is 0. The molecule has 0 amide bonds. The van der Waals surface area contributed by atoms with Crippen LogP contribution in [0.5, 0.6) is 0 Å². The zero-order chi connectivity index (χ0) is 2.71. The molecule has 0 aromatic carbocycles. The van der Waals surface area contributed by atoms with E-state index in [4.69, 9.17) is 7.91 Å². The van der Waals surface area contributed by atoms with E-state index in [1.807, 2.05) is 0 Å². The summed E-state index contributed by atoms with van der Waals surface area (Å²) in [5.41, 5.74) is 0. The van der Waals surface area contributed by atoms with Gasteiger partial charge in [0.25, 0.3) is 0 Å². The van der Waals surface area contributed by atoms with Crippen LogP contribution in [0, 0.1) is 0 Å². The van der Waals surface area contributed by atoms with Gasteiger partial charge in [0, 0.05) is 19.5 Å². The molecule has 2 nitrogen and oxygen atoms in total. The van der Waals surface area contributed by atoms with Gasteiger partial charge in [-0.25, -0.2) is 0 Å². The first kappa shape index (κ1) is 24.9. The van der Waals surface area contributed by atoms with Crippen LogP contribution in [0.1, 0.15) is 0 Å². The molecular formula is H6BGeNaO2Zn. The van der Waals surface area contributed by atoms with Crippen molar-refractivity contribution in [1.82, 2.24) is 0 Å². The minimum absolute atomic E-state index is 0. The van der Waals surface area contributed by atoms with Crippen molar-refractivity contribution in [2.24, 2.45) is 0 Å². The van der Waals surface area contributed by atoms with E-state index in [1.165, 1.54) is 0 Å². The van der Waals surface area contributed by atoms with Crippen LogP contribution in [0.2, 0.25) is 0 Å². The largest absolute Gasteiger partial charge is 0 e. The minimum atomic E-state index is -1.94. The molecule has 0 aromatic heterocycles. The summed E-state index contributed by atoms with van der Waals surface area (Å²) in [6.45, 7) is 0. The smallest absolute Gasteiger partial charge is 0 e. The van der Waals surface area contributed by atoms with Crippen molar-refractivity contribution in [3.05, 3.63) is 0 Å². The van der Waals surface area contributed by atoms with Crippen molar-refractivity contribution < 1.29 is 27.4 Å². The van der Waals surface area contributed by atoms with Gasteiger partial charge >= 0.3 is 53.2 Å². The maximum Gasteiger partial charge on any atom is 0 e. The molecule has 0 saturated carbocycles. The van der Waals surface area contributed by atoms with Crippen LogP contribution < -0.4 is 0 Å². The average molecular weight is 210 g/mol. The maximum atomic E-state index is 8.64. The van der Waals surface area contributed by atoms with E-state index >= 15 is 0 Å². The first-order valence-electron chi connectivity index (χ1n) is 0.494. The Hall–Kier alpha value is 1.83. The number of rotatable bonds is 0. The molecule has 0 aliphatic rings. The molecule has 0 saturated heterocycles. The topological polar surface area (TPSA) is 37.3 Å². The first-order chi connectivity index (χ1) is 1.41. The zero-order valence-electron chi connectivity index (χ0n) is 2.14.